The smallest absolute Gasteiger partial charge is 0.0731 e. The molecule has 0 spiro atoms. The summed E-state index contributed by atoms with van der Waals surface area (Å²) in [5, 5.41) is 13.8. The van der Waals surface area contributed by atoms with Gasteiger partial charge in [-0.25, -0.2) is 0 Å². The molecule has 1 fully saturated rings. The summed E-state index contributed by atoms with van der Waals surface area (Å²) in [5.74, 6) is 0. The first kappa shape index (κ1) is 14.6. The number of benzene rings is 1. The fraction of sp³-hybridized carbons (Fsp3) is 0.600. The summed E-state index contributed by atoms with van der Waals surface area (Å²) >= 11 is 6.38. The highest BCUT2D eigenvalue weighted by Crippen LogP contribution is 2.31. The van der Waals surface area contributed by atoms with Crippen LogP contribution in [0.1, 0.15) is 38.3 Å². The first-order chi connectivity index (χ1) is 9.11. The lowest BCUT2D eigenvalue weighted by molar-refractivity contribution is 0.198. The average Bonchev–Trinajstić information content (AvgIpc) is 2.82. The van der Waals surface area contributed by atoms with Gasteiger partial charge in [0.1, 0.15) is 0 Å². The van der Waals surface area contributed by atoms with Crippen molar-refractivity contribution in [2.75, 3.05) is 24.5 Å². The largest absolute Gasteiger partial charge is 0.391 e. The van der Waals surface area contributed by atoms with Gasteiger partial charge in [-0.3, -0.25) is 0 Å². The molecule has 106 valence electrons. The SMILES string of the molecule is CCCNC(C)c1ccc(N2CCC(O)C2)c(Cl)c1. The molecule has 1 aromatic carbocycles. The van der Waals surface area contributed by atoms with Gasteiger partial charge in [-0.1, -0.05) is 24.6 Å². The van der Waals surface area contributed by atoms with Crippen LogP contribution in [0.5, 0.6) is 0 Å². The van der Waals surface area contributed by atoms with E-state index in [1.165, 1.54) is 5.56 Å². The van der Waals surface area contributed by atoms with Crippen LogP contribution in [-0.2, 0) is 0 Å². The van der Waals surface area contributed by atoms with Crippen LogP contribution in [0.25, 0.3) is 0 Å². The van der Waals surface area contributed by atoms with Crippen molar-refractivity contribution < 1.29 is 5.11 Å². The third-order valence-electron chi connectivity index (χ3n) is 3.68. The van der Waals surface area contributed by atoms with Crippen molar-refractivity contribution in [3.8, 4) is 0 Å². The van der Waals surface area contributed by atoms with E-state index in [2.05, 4.69) is 36.2 Å². The Balaban J connectivity index is 2.08. The number of nitrogens with one attached hydrogen (secondary N) is 1. The zero-order valence-corrected chi connectivity index (χ0v) is 12.5. The Kier molecular flexibility index (Phi) is 5.08. The van der Waals surface area contributed by atoms with E-state index in [0.29, 0.717) is 12.6 Å². The van der Waals surface area contributed by atoms with Crippen molar-refractivity contribution in [1.82, 2.24) is 5.32 Å². The fourth-order valence-corrected chi connectivity index (χ4v) is 2.80. The number of β-amino-alcohol motifs (C(OH)–C–C–N with tert-alkyl or cyclic N) is 1. The highest BCUT2D eigenvalue weighted by Gasteiger charge is 2.22. The second-order valence-corrected chi connectivity index (χ2v) is 5.68. The summed E-state index contributed by atoms with van der Waals surface area (Å²) in [4.78, 5) is 2.15. The van der Waals surface area contributed by atoms with E-state index in [9.17, 15) is 5.11 Å². The summed E-state index contributed by atoms with van der Waals surface area (Å²) in [7, 11) is 0. The molecule has 4 heteroatoms. The van der Waals surface area contributed by atoms with Crippen LogP contribution in [-0.4, -0.2) is 30.8 Å². The molecule has 1 saturated heterocycles. The van der Waals surface area contributed by atoms with Crippen molar-refractivity contribution in [1.29, 1.82) is 0 Å². The number of hydrogen-bond donors (Lipinski definition) is 2. The Labute approximate surface area is 120 Å². The number of rotatable bonds is 5. The van der Waals surface area contributed by atoms with Crippen LogP contribution in [0.2, 0.25) is 5.02 Å². The Morgan fingerprint density at radius 2 is 2.32 bits per heavy atom. The fourth-order valence-electron chi connectivity index (χ4n) is 2.49. The van der Waals surface area contributed by atoms with Crippen molar-refractivity contribution in [3.63, 3.8) is 0 Å². The Morgan fingerprint density at radius 1 is 1.53 bits per heavy atom. The summed E-state index contributed by atoms with van der Waals surface area (Å²) in [6, 6.07) is 6.55. The van der Waals surface area contributed by atoms with E-state index in [1.807, 2.05) is 6.07 Å². The van der Waals surface area contributed by atoms with Gasteiger partial charge in [-0.15, -0.1) is 0 Å². The van der Waals surface area contributed by atoms with Crippen LogP contribution < -0.4 is 10.2 Å². The lowest BCUT2D eigenvalue weighted by atomic mass is 10.1. The predicted octanol–water partition coefficient (Wildman–Crippen LogP) is 2.97. The van der Waals surface area contributed by atoms with Gasteiger partial charge in [-0.2, -0.15) is 0 Å². The maximum Gasteiger partial charge on any atom is 0.0731 e. The standard InChI is InChI=1S/C15H23ClN2O/c1-3-7-17-11(2)12-4-5-15(14(16)9-12)18-8-6-13(19)10-18/h4-5,9,11,13,17,19H,3,6-8,10H2,1-2H3. The van der Waals surface area contributed by atoms with Crippen LogP contribution >= 0.6 is 11.6 Å². The highest BCUT2D eigenvalue weighted by atomic mass is 35.5. The van der Waals surface area contributed by atoms with Crippen LogP contribution in [0.4, 0.5) is 5.69 Å². The lowest BCUT2D eigenvalue weighted by Gasteiger charge is -2.21. The highest BCUT2D eigenvalue weighted by molar-refractivity contribution is 6.33. The number of anilines is 1. The second-order valence-electron chi connectivity index (χ2n) is 5.28. The van der Waals surface area contributed by atoms with Crippen molar-refractivity contribution in [2.45, 2.75) is 38.8 Å². The molecule has 0 aliphatic carbocycles. The number of aliphatic hydroxyl groups excluding tert-OH is 1. The third kappa shape index (κ3) is 3.62. The monoisotopic (exact) mass is 282 g/mol. The minimum Gasteiger partial charge on any atom is -0.391 e. The molecule has 0 saturated carbocycles. The van der Waals surface area contributed by atoms with Gasteiger partial charge in [0.25, 0.3) is 0 Å². The van der Waals surface area contributed by atoms with Gasteiger partial charge in [0.2, 0.25) is 0 Å². The van der Waals surface area contributed by atoms with Gasteiger partial charge in [0, 0.05) is 19.1 Å². The molecule has 2 unspecified atom stereocenters. The van der Waals surface area contributed by atoms with Crippen molar-refractivity contribution in [3.05, 3.63) is 28.8 Å². The Morgan fingerprint density at radius 3 is 2.89 bits per heavy atom. The molecule has 2 rings (SSSR count). The molecule has 0 bridgehead atoms. The molecule has 0 amide bonds. The summed E-state index contributed by atoms with van der Waals surface area (Å²) in [5.41, 5.74) is 2.24. The van der Waals surface area contributed by atoms with Crippen LogP contribution in [0, 0.1) is 0 Å². The third-order valence-corrected chi connectivity index (χ3v) is 3.98. The Bertz CT molecular complexity index is 425. The number of hydrogen-bond acceptors (Lipinski definition) is 3. The van der Waals surface area contributed by atoms with E-state index in [1.54, 1.807) is 0 Å². The van der Waals surface area contributed by atoms with E-state index in [4.69, 9.17) is 11.6 Å². The molecule has 0 aromatic heterocycles. The van der Waals surface area contributed by atoms with E-state index >= 15 is 0 Å². The molecule has 0 radical (unpaired) electrons. The van der Waals surface area contributed by atoms with Gasteiger partial charge >= 0.3 is 0 Å². The van der Waals surface area contributed by atoms with E-state index in [0.717, 1.165) is 36.6 Å². The van der Waals surface area contributed by atoms with Gasteiger partial charge in [-0.05, 0) is 44.0 Å². The molecule has 1 aliphatic rings. The van der Waals surface area contributed by atoms with Gasteiger partial charge in [0.15, 0.2) is 0 Å². The molecule has 1 heterocycles. The molecular formula is C15H23ClN2O. The average molecular weight is 283 g/mol. The minimum absolute atomic E-state index is 0.221. The zero-order chi connectivity index (χ0) is 13.8. The first-order valence-corrected chi connectivity index (χ1v) is 7.45. The molecule has 1 aliphatic heterocycles. The maximum absolute atomic E-state index is 9.60. The molecule has 3 nitrogen and oxygen atoms in total. The normalized spacial score (nSPS) is 20.8. The van der Waals surface area contributed by atoms with E-state index < -0.39 is 0 Å². The number of halogens is 1. The first-order valence-electron chi connectivity index (χ1n) is 7.07. The Hall–Kier alpha value is -0.770. The summed E-state index contributed by atoms with van der Waals surface area (Å²) in [6.07, 6.45) is 1.73. The summed E-state index contributed by atoms with van der Waals surface area (Å²) in [6.45, 7) is 6.89. The lowest BCUT2D eigenvalue weighted by Crippen LogP contribution is -2.22. The molecular weight excluding hydrogens is 260 g/mol. The number of nitrogens with zero attached hydrogens (tertiary/aromatic N) is 1. The van der Waals surface area contributed by atoms with Crippen molar-refractivity contribution >= 4 is 17.3 Å². The van der Waals surface area contributed by atoms with Crippen LogP contribution in [0.3, 0.4) is 0 Å². The topological polar surface area (TPSA) is 35.5 Å². The quantitative estimate of drug-likeness (QED) is 0.872. The molecule has 2 atom stereocenters. The molecule has 2 N–H and O–H groups in total. The van der Waals surface area contributed by atoms with Gasteiger partial charge < -0.3 is 15.3 Å². The zero-order valence-electron chi connectivity index (χ0n) is 11.7. The molecule has 19 heavy (non-hydrogen) atoms. The van der Waals surface area contributed by atoms with Crippen molar-refractivity contribution in [2.24, 2.45) is 0 Å². The minimum atomic E-state index is -0.221. The summed E-state index contributed by atoms with van der Waals surface area (Å²) < 4.78 is 0. The number of aliphatic hydroxyl groups is 1. The maximum atomic E-state index is 9.60. The predicted molar refractivity (Wildman–Crippen MR) is 81.0 cm³/mol. The van der Waals surface area contributed by atoms with E-state index in [-0.39, 0.29) is 6.10 Å². The van der Waals surface area contributed by atoms with Gasteiger partial charge in [0.05, 0.1) is 16.8 Å². The second kappa shape index (κ2) is 6.60. The molecule has 1 aromatic rings. The van der Waals surface area contributed by atoms with Crippen LogP contribution in [0.15, 0.2) is 18.2 Å².